The lowest BCUT2D eigenvalue weighted by molar-refractivity contribution is -0.130. The van der Waals surface area contributed by atoms with Gasteiger partial charge in [-0.1, -0.05) is 18.2 Å². The van der Waals surface area contributed by atoms with Crippen molar-refractivity contribution >= 4 is 21.6 Å². The fourth-order valence-electron chi connectivity index (χ4n) is 3.41. The molecular formula is C19H23F3N4O3S. The van der Waals surface area contributed by atoms with Crippen molar-refractivity contribution in [2.24, 2.45) is 0 Å². The Morgan fingerprint density at radius 3 is 2.47 bits per heavy atom. The Kier molecular flexibility index (Phi) is 6.51. The molecule has 1 aromatic carbocycles. The van der Waals surface area contributed by atoms with Crippen LogP contribution in [0, 0.1) is 0 Å². The first kappa shape index (κ1) is 22.3. The number of para-hydroxylation sites is 1. The van der Waals surface area contributed by atoms with E-state index < -0.39 is 28.4 Å². The molecule has 30 heavy (non-hydrogen) atoms. The highest BCUT2D eigenvalue weighted by Gasteiger charge is 2.34. The minimum absolute atomic E-state index is 0.0462. The number of sulfonamides is 1. The average Bonchev–Trinajstić information content (AvgIpc) is 3.22. The molecule has 0 spiro atoms. The van der Waals surface area contributed by atoms with Crippen LogP contribution in [0.3, 0.4) is 0 Å². The average molecular weight is 444 g/mol. The van der Waals surface area contributed by atoms with Crippen LogP contribution in [0.1, 0.15) is 41.4 Å². The monoisotopic (exact) mass is 444 g/mol. The molecule has 2 heterocycles. The lowest BCUT2D eigenvalue weighted by Gasteiger charge is -2.30. The Labute approximate surface area is 172 Å². The van der Waals surface area contributed by atoms with Gasteiger partial charge < -0.3 is 4.90 Å². The van der Waals surface area contributed by atoms with Gasteiger partial charge in [0.2, 0.25) is 10.0 Å². The molecule has 0 radical (unpaired) electrons. The van der Waals surface area contributed by atoms with Crippen molar-refractivity contribution < 1.29 is 26.4 Å². The number of carbonyl (C=O) groups excluding carboxylic acids is 1. The molecule has 1 N–H and O–H groups in total. The summed E-state index contributed by atoms with van der Waals surface area (Å²) in [6, 6.07) is 10.8. The molecule has 0 saturated carbocycles. The summed E-state index contributed by atoms with van der Waals surface area (Å²) in [6.07, 6.45) is -4.97. The van der Waals surface area contributed by atoms with Crippen molar-refractivity contribution in [3.05, 3.63) is 47.8 Å². The molecular weight excluding hydrogens is 421 g/mol. The molecule has 1 aromatic heterocycles. The zero-order valence-corrected chi connectivity index (χ0v) is 17.2. The van der Waals surface area contributed by atoms with E-state index in [2.05, 4.69) is 10.2 Å². The number of nitrogens with zero attached hydrogens (tertiary/aromatic N) is 3. The maximum atomic E-state index is 12.6. The number of benzene rings is 1. The number of hydrogen-bond acceptors (Lipinski definition) is 4. The number of nitrogens with one attached hydrogen (secondary N) is 1. The molecule has 1 fully saturated rings. The van der Waals surface area contributed by atoms with Crippen LogP contribution < -0.4 is 4.90 Å². The van der Waals surface area contributed by atoms with Crippen molar-refractivity contribution in [1.29, 1.82) is 0 Å². The molecule has 0 bridgehead atoms. The van der Waals surface area contributed by atoms with Gasteiger partial charge >= 0.3 is 6.18 Å². The van der Waals surface area contributed by atoms with Gasteiger partial charge in [0.05, 0.1) is 12.2 Å². The first-order valence-corrected chi connectivity index (χ1v) is 11.1. The van der Waals surface area contributed by atoms with Crippen LogP contribution in [0.5, 0.6) is 0 Å². The lowest BCUT2D eigenvalue weighted by atomic mass is 9.94. The van der Waals surface area contributed by atoms with E-state index in [0.29, 0.717) is 18.5 Å². The van der Waals surface area contributed by atoms with Gasteiger partial charge in [0.15, 0.2) is 5.69 Å². The molecule has 1 aliphatic rings. The number of aromatic nitrogens is 2. The van der Waals surface area contributed by atoms with Gasteiger partial charge in [-0.25, -0.2) is 12.7 Å². The molecule has 2 aromatic rings. The smallest absolute Gasteiger partial charge is 0.310 e. The molecule has 1 aliphatic heterocycles. The van der Waals surface area contributed by atoms with Gasteiger partial charge in [-0.15, -0.1) is 0 Å². The molecule has 164 valence electrons. The Morgan fingerprint density at radius 2 is 1.87 bits per heavy atom. The van der Waals surface area contributed by atoms with E-state index in [1.165, 1.54) is 4.90 Å². The molecule has 0 aliphatic carbocycles. The summed E-state index contributed by atoms with van der Waals surface area (Å²) in [6.45, 7) is 0.272. The minimum Gasteiger partial charge on any atom is -0.310 e. The number of H-pyrrole nitrogens is 1. The summed E-state index contributed by atoms with van der Waals surface area (Å²) >= 11 is 0. The molecule has 1 amide bonds. The summed E-state index contributed by atoms with van der Waals surface area (Å²) in [5.41, 5.74) is 1.69. The normalized spacial score (nSPS) is 16.5. The fraction of sp³-hybridized carbons (Fsp3) is 0.474. The number of aromatic amines is 1. The highest BCUT2D eigenvalue weighted by atomic mass is 32.2. The van der Waals surface area contributed by atoms with Crippen LogP contribution in [0.2, 0.25) is 0 Å². The third-order valence-corrected chi connectivity index (χ3v) is 7.07. The van der Waals surface area contributed by atoms with Gasteiger partial charge in [-0.2, -0.15) is 18.3 Å². The molecule has 11 heteroatoms. The van der Waals surface area contributed by atoms with Gasteiger partial charge in [0.1, 0.15) is 0 Å². The summed E-state index contributed by atoms with van der Waals surface area (Å²) in [5, 5.41) is 6.94. The van der Waals surface area contributed by atoms with E-state index in [1.807, 2.05) is 18.2 Å². The predicted molar refractivity (Wildman–Crippen MR) is 106 cm³/mol. The second-order valence-electron chi connectivity index (χ2n) is 7.26. The Morgan fingerprint density at radius 1 is 1.23 bits per heavy atom. The number of amides is 1. The number of carbonyl (C=O) groups is 1. The number of piperidine rings is 1. The van der Waals surface area contributed by atoms with Crippen molar-refractivity contribution in [3.63, 3.8) is 0 Å². The Balaban J connectivity index is 1.59. The zero-order chi connectivity index (χ0) is 21.9. The molecule has 0 atom stereocenters. The number of hydrogen-bond donors (Lipinski definition) is 1. The summed E-state index contributed by atoms with van der Waals surface area (Å²) < 4.78 is 62.4. The summed E-state index contributed by atoms with van der Waals surface area (Å²) in [7, 11) is -2.30. The van der Waals surface area contributed by atoms with Crippen molar-refractivity contribution in [1.82, 2.24) is 14.5 Å². The number of halogens is 3. The number of rotatable bonds is 6. The quantitative estimate of drug-likeness (QED) is 0.742. The SMILES string of the molecule is CN(C(=O)c1cc(C2CCN(S(=O)(=O)CCC(F)(F)F)CC2)[nH]n1)c1ccccc1. The van der Waals surface area contributed by atoms with Crippen molar-refractivity contribution in [2.75, 3.05) is 30.8 Å². The highest BCUT2D eigenvalue weighted by Crippen LogP contribution is 2.30. The van der Waals surface area contributed by atoms with Crippen molar-refractivity contribution in [3.8, 4) is 0 Å². The first-order valence-electron chi connectivity index (χ1n) is 9.50. The second-order valence-corrected chi connectivity index (χ2v) is 9.35. The van der Waals surface area contributed by atoms with E-state index in [4.69, 9.17) is 0 Å². The van der Waals surface area contributed by atoms with E-state index in [0.717, 1.165) is 9.99 Å². The van der Waals surface area contributed by atoms with Crippen LogP contribution in [-0.4, -0.2) is 60.9 Å². The van der Waals surface area contributed by atoms with Crippen LogP contribution in [0.25, 0.3) is 0 Å². The van der Waals surface area contributed by atoms with Crippen LogP contribution >= 0.6 is 0 Å². The molecule has 1 saturated heterocycles. The maximum absolute atomic E-state index is 12.6. The largest absolute Gasteiger partial charge is 0.390 e. The van der Waals surface area contributed by atoms with Crippen molar-refractivity contribution in [2.45, 2.75) is 31.4 Å². The van der Waals surface area contributed by atoms with Gasteiger partial charge in [-0.05, 0) is 31.0 Å². The standard InChI is InChI=1S/C19H23F3N4O3S/c1-25(15-5-3-2-4-6-15)18(27)17-13-16(23-24-17)14-7-10-26(11-8-14)30(28,29)12-9-19(20,21)22/h2-6,13-14H,7-12H2,1H3,(H,23,24). The minimum atomic E-state index is -4.50. The van der Waals surface area contributed by atoms with E-state index >= 15 is 0 Å². The lowest BCUT2D eigenvalue weighted by Crippen LogP contribution is -2.40. The molecule has 3 rings (SSSR count). The van der Waals surface area contributed by atoms with Gasteiger partial charge in [0, 0.05) is 37.4 Å². The summed E-state index contributed by atoms with van der Waals surface area (Å²) in [5.74, 6) is -1.26. The van der Waals surface area contributed by atoms with Gasteiger partial charge in [0.25, 0.3) is 5.91 Å². The van der Waals surface area contributed by atoms with Gasteiger partial charge in [-0.3, -0.25) is 9.89 Å². The third-order valence-electron chi connectivity index (χ3n) is 5.20. The third kappa shape index (κ3) is 5.39. The predicted octanol–water partition coefficient (Wildman–Crippen LogP) is 3.15. The highest BCUT2D eigenvalue weighted by molar-refractivity contribution is 7.89. The Hall–Kier alpha value is -2.40. The van der Waals surface area contributed by atoms with Crippen LogP contribution in [0.15, 0.2) is 36.4 Å². The van der Waals surface area contributed by atoms with Crippen LogP contribution in [0.4, 0.5) is 18.9 Å². The maximum Gasteiger partial charge on any atom is 0.390 e. The van der Waals surface area contributed by atoms with E-state index in [-0.39, 0.29) is 30.6 Å². The molecule has 7 nitrogen and oxygen atoms in total. The Bertz CT molecular complexity index is 968. The first-order chi connectivity index (χ1) is 14.1. The topological polar surface area (TPSA) is 86.4 Å². The fourth-order valence-corrected chi connectivity index (χ4v) is 4.93. The molecule has 0 unspecified atom stereocenters. The summed E-state index contributed by atoms with van der Waals surface area (Å²) in [4.78, 5) is 14.1. The van der Waals surface area contributed by atoms with E-state index in [9.17, 15) is 26.4 Å². The van der Waals surface area contributed by atoms with Crippen LogP contribution in [-0.2, 0) is 10.0 Å². The second kappa shape index (κ2) is 8.76. The number of alkyl halides is 3. The zero-order valence-electron chi connectivity index (χ0n) is 16.4. The number of anilines is 1. The van der Waals surface area contributed by atoms with E-state index in [1.54, 1.807) is 25.2 Å².